The Hall–Kier alpha value is -1.32. The molecular weight excluding hydrogens is 338 g/mol. The van der Waals surface area contributed by atoms with Gasteiger partial charge in [-0.15, -0.1) is 0 Å². The molecule has 1 N–H and O–H groups in total. The number of hydrogen-bond acceptors (Lipinski definition) is 3. The van der Waals surface area contributed by atoms with Crippen LogP contribution in [0.15, 0.2) is 12.7 Å². The first kappa shape index (κ1) is 25.7. The quantitative estimate of drug-likeness (QED) is 0.158. The molecule has 0 unspecified atom stereocenters. The lowest BCUT2D eigenvalue weighted by Gasteiger charge is -2.06. The average Bonchev–Trinajstić information content (AvgIpc) is 2.67. The highest BCUT2D eigenvalue weighted by Gasteiger charge is 2.03. The van der Waals surface area contributed by atoms with Crippen molar-refractivity contribution in [1.82, 2.24) is 5.32 Å². The van der Waals surface area contributed by atoms with E-state index in [-0.39, 0.29) is 18.3 Å². The largest absolute Gasteiger partial charge is 0.466 e. The fourth-order valence-corrected chi connectivity index (χ4v) is 3.09. The van der Waals surface area contributed by atoms with E-state index in [1.54, 1.807) is 0 Å². The molecule has 4 heteroatoms. The molecule has 0 atom stereocenters. The summed E-state index contributed by atoms with van der Waals surface area (Å²) < 4.78 is 5.15. The zero-order chi connectivity index (χ0) is 20.0. The van der Waals surface area contributed by atoms with E-state index in [4.69, 9.17) is 4.74 Å². The second-order valence-corrected chi connectivity index (χ2v) is 7.42. The summed E-state index contributed by atoms with van der Waals surface area (Å²) in [6, 6.07) is 0. The van der Waals surface area contributed by atoms with Crippen molar-refractivity contribution in [2.45, 2.75) is 110 Å². The van der Waals surface area contributed by atoms with E-state index in [0.29, 0.717) is 13.2 Å². The summed E-state index contributed by atoms with van der Waals surface area (Å²) in [4.78, 5) is 22.4. The number of hydrogen-bond donors (Lipinski definition) is 1. The highest BCUT2D eigenvalue weighted by molar-refractivity contribution is 5.87. The number of carbonyl (C=O) groups excluding carboxylic acids is 2. The van der Waals surface area contributed by atoms with E-state index in [2.05, 4.69) is 18.8 Å². The van der Waals surface area contributed by atoms with Crippen LogP contribution in [0.3, 0.4) is 0 Å². The molecule has 0 aliphatic carbocycles. The molecule has 0 radical (unpaired) electrons. The highest BCUT2D eigenvalue weighted by atomic mass is 16.5. The molecule has 4 nitrogen and oxygen atoms in total. The number of amides is 1. The van der Waals surface area contributed by atoms with Gasteiger partial charge >= 0.3 is 5.97 Å². The highest BCUT2D eigenvalue weighted by Crippen LogP contribution is 2.13. The van der Waals surface area contributed by atoms with E-state index >= 15 is 0 Å². The number of ether oxygens (including phenoxy) is 1. The minimum absolute atomic E-state index is 0.221. The summed E-state index contributed by atoms with van der Waals surface area (Å²) in [5, 5.41) is 2.56. The van der Waals surface area contributed by atoms with Gasteiger partial charge in [0.25, 0.3) is 0 Å². The first-order chi connectivity index (χ1) is 13.2. The van der Waals surface area contributed by atoms with Gasteiger partial charge in [-0.25, -0.2) is 0 Å². The van der Waals surface area contributed by atoms with Crippen LogP contribution in [0.2, 0.25) is 0 Å². The zero-order valence-electron chi connectivity index (χ0n) is 17.7. The van der Waals surface area contributed by atoms with Crippen LogP contribution >= 0.6 is 0 Å². The maximum atomic E-state index is 11.5. The van der Waals surface area contributed by atoms with Crippen LogP contribution in [0.25, 0.3) is 0 Å². The van der Waals surface area contributed by atoms with Crippen molar-refractivity contribution in [3.05, 3.63) is 12.7 Å². The van der Waals surface area contributed by atoms with E-state index in [1.807, 2.05) is 0 Å². The molecule has 0 aromatic heterocycles. The van der Waals surface area contributed by atoms with Crippen LogP contribution < -0.4 is 5.32 Å². The second kappa shape index (κ2) is 21.0. The van der Waals surface area contributed by atoms with Gasteiger partial charge in [-0.1, -0.05) is 103 Å². The van der Waals surface area contributed by atoms with Gasteiger partial charge < -0.3 is 10.1 Å². The molecule has 0 saturated heterocycles. The summed E-state index contributed by atoms with van der Waals surface area (Å²) in [5.41, 5.74) is 0. The molecule has 0 spiro atoms. The summed E-state index contributed by atoms with van der Waals surface area (Å²) in [7, 11) is 0. The Morgan fingerprint density at radius 3 is 1.67 bits per heavy atom. The number of nitrogens with one attached hydrogen (secondary N) is 1. The van der Waals surface area contributed by atoms with Crippen molar-refractivity contribution < 1.29 is 14.3 Å². The molecule has 0 fully saturated rings. The first-order valence-electron chi connectivity index (χ1n) is 11.3. The average molecular weight is 382 g/mol. The van der Waals surface area contributed by atoms with Gasteiger partial charge in [0, 0.05) is 6.54 Å². The van der Waals surface area contributed by atoms with Crippen molar-refractivity contribution >= 4 is 11.9 Å². The Balaban J connectivity index is 3.15. The van der Waals surface area contributed by atoms with Gasteiger partial charge in [-0.3, -0.25) is 9.59 Å². The maximum absolute atomic E-state index is 11.5. The van der Waals surface area contributed by atoms with E-state index in [0.717, 1.165) is 12.8 Å². The molecule has 1 amide bonds. The normalized spacial score (nSPS) is 10.6. The van der Waals surface area contributed by atoms with Gasteiger partial charge in [0.1, 0.15) is 0 Å². The van der Waals surface area contributed by atoms with Gasteiger partial charge in [0.15, 0.2) is 0 Å². The summed E-state index contributed by atoms with van der Waals surface area (Å²) in [6.07, 6.45) is 21.3. The zero-order valence-corrected chi connectivity index (χ0v) is 17.7. The van der Waals surface area contributed by atoms with Crippen LogP contribution in [-0.4, -0.2) is 25.0 Å². The molecular formula is C23H43NO3. The smallest absolute Gasteiger partial charge is 0.307 e. The van der Waals surface area contributed by atoms with Gasteiger partial charge in [-0.2, -0.15) is 0 Å². The van der Waals surface area contributed by atoms with Crippen LogP contribution in [-0.2, 0) is 14.3 Å². The molecule has 0 aromatic carbocycles. The molecule has 0 heterocycles. The number of rotatable bonds is 20. The molecule has 158 valence electrons. The summed E-state index contributed by atoms with van der Waals surface area (Å²) >= 11 is 0. The predicted molar refractivity (Wildman–Crippen MR) is 114 cm³/mol. The Labute approximate surface area is 167 Å². The van der Waals surface area contributed by atoms with Crippen molar-refractivity contribution in [3.8, 4) is 0 Å². The Kier molecular flexibility index (Phi) is 20.0. The lowest BCUT2D eigenvalue weighted by molar-refractivity contribution is -0.143. The summed E-state index contributed by atoms with van der Waals surface area (Å²) in [6.45, 7) is 6.42. The maximum Gasteiger partial charge on any atom is 0.307 e. The molecule has 0 aromatic rings. The SMILES string of the molecule is C=CC(=O)NCCC(=O)OCCCCCCCCCCCCCCCCC. The third kappa shape index (κ3) is 20.8. The molecule has 0 aliphatic heterocycles. The van der Waals surface area contributed by atoms with Crippen LogP contribution in [0, 0.1) is 0 Å². The van der Waals surface area contributed by atoms with Crippen molar-refractivity contribution in [3.63, 3.8) is 0 Å². The van der Waals surface area contributed by atoms with Crippen LogP contribution in [0.1, 0.15) is 110 Å². The summed E-state index contributed by atoms with van der Waals surface area (Å²) in [5.74, 6) is -0.505. The van der Waals surface area contributed by atoms with Gasteiger partial charge in [0.05, 0.1) is 13.0 Å². The molecule has 0 saturated carbocycles. The lowest BCUT2D eigenvalue weighted by Crippen LogP contribution is -2.24. The number of esters is 1. The third-order valence-electron chi connectivity index (χ3n) is 4.82. The first-order valence-corrected chi connectivity index (χ1v) is 11.3. The standard InChI is InChI=1S/C23H43NO3/c1-3-5-6-7-8-9-10-11-12-13-14-15-16-17-18-21-27-23(26)19-20-24-22(25)4-2/h4H,2-3,5-21H2,1H3,(H,24,25). The predicted octanol–water partition coefficient (Wildman–Crippen LogP) is 6.09. The molecule has 27 heavy (non-hydrogen) atoms. The van der Waals surface area contributed by atoms with Crippen LogP contribution in [0.5, 0.6) is 0 Å². The van der Waals surface area contributed by atoms with Gasteiger partial charge in [-0.05, 0) is 12.5 Å². The fraction of sp³-hybridized carbons (Fsp3) is 0.826. The molecule has 0 rings (SSSR count). The van der Waals surface area contributed by atoms with E-state index < -0.39 is 0 Å². The Bertz CT molecular complexity index is 369. The molecule has 0 bridgehead atoms. The fourth-order valence-electron chi connectivity index (χ4n) is 3.09. The number of carbonyl (C=O) groups is 2. The van der Waals surface area contributed by atoms with E-state index in [1.165, 1.54) is 89.5 Å². The minimum atomic E-state index is -0.259. The van der Waals surface area contributed by atoms with Crippen molar-refractivity contribution in [2.75, 3.05) is 13.2 Å². The van der Waals surface area contributed by atoms with E-state index in [9.17, 15) is 9.59 Å². The number of unbranched alkanes of at least 4 members (excludes halogenated alkanes) is 14. The van der Waals surface area contributed by atoms with Gasteiger partial charge in [0.2, 0.25) is 5.91 Å². The van der Waals surface area contributed by atoms with Crippen molar-refractivity contribution in [1.29, 1.82) is 0 Å². The topological polar surface area (TPSA) is 55.4 Å². The minimum Gasteiger partial charge on any atom is -0.466 e. The monoisotopic (exact) mass is 381 g/mol. The van der Waals surface area contributed by atoms with Crippen molar-refractivity contribution in [2.24, 2.45) is 0 Å². The molecule has 0 aliphatic rings. The Morgan fingerprint density at radius 1 is 0.778 bits per heavy atom. The second-order valence-electron chi connectivity index (χ2n) is 7.42. The third-order valence-corrected chi connectivity index (χ3v) is 4.82. The lowest BCUT2D eigenvalue weighted by atomic mass is 10.0. The Morgan fingerprint density at radius 2 is 1.22 bits per heavy atom. The van der Waals surface area contributed by atoms with Crippen LogP contribution in [0.4, 0.5) is 0 Å².